The van der Waals surface area contributed by atoms with E-state index in [1.807, 2.05) is 41.3 Å². The van der Waals surface area contributed by atoms with Gasteiger partial charge in [0.05, 0.1) is 23.2 Å². The van der Waals surface area contributed by atoms with Gasteiger partial charge in [-0.2, -0.15) is 5.26 Å². The van der Waals surface area contributed by atoms with Crippen LogP contribution in [0.15, 0.2) is 42.7 Å². The third-order valence-electron chi connectivity index (χ3n) is 5.91. The smallest absolute Gasteiger partial charge is 0.267 e. The highest BCUT2D eigenvalue weighted by Gasteiger charge is 2.42. The molecule has 1 N–H and O–H groups in total. The zero-order valence-corrected chi connectivity index (χ0v) is 17.5. The number of anilines is 1. The molecule has 8 heteroatoms. The summed E-state index contributed by atoms with van der Waals surface area (Å²) in [6.07, 6.45) is 1.81. The van der Waals surface area contributed by atoms with Gasteiger partial charge in [0.15, 0.2) is 5.82 Å². The first-order valence-corrected chi connectivity index (χ1v) is 10.3. The normalized spacial score (nSPS) is 20.6. The van der Waals surface area contributed by atoms with Crippen LogP contribution in [0.5, 0.6) is 0 Å². The van der Waals surface area contributed by atoms with Gasteiger partial charge in [-0.3, -0.25) is 4.79 Å². The number of fused-ring (bicyclic) bond motifs is 1. The van der Waals surface area contributed by atoms with Gasteiger partial charge in [0, 0.05) is 44.2 Å². The highest BCUT2D eigenvalue weighted by atomic mass is 16.3. The van der Waals surface area contributed by atoms with Crippen molar-refractivity contribution in [2.75, 3.05) is 31.6 Å². The van der Waals surface area contributed by atoms with Crippen LogP contribution in [-0.4, -0.2) is 63.1 Å². The molecule has 1 aromatic carbocycles. The van der Waals surface area contributed by atoms with Crippen molar-refractivity contribution in [2.24, 2.45) is 5.92 Å². The molecule has 1 unspecified atom stereocenters. The molecule has 4 heterocycles. The molecule has 8 nitrogen and oxygen atoms in total. The van der Waals surface area contributed by atoms with E-state index < -0.39 is 5.60 Å². The maximum atomic E-state index is 12.1. The summed E-state index contributed by atoms with van der Waals surface area (Å²) in [5.74, 6) is 6.07. The summed E-state index contributed by atoms with van der Waals surface area (Å²) < 4.78 is 0. The highest BCUT2D eigenvalue weighted by molar-refractivity contribution is 5.90. The third-order valence-corrected chi connectivity index (χ3v) is 5.91. The molecule has 32 heavy (non-hydrogen) atoms. The summed E-state index contributed by atoms with van der Waals surface area (Å²) >= 11 is 0. The van der Waals surface area contributed by atoms with Crippen LogP contribution in [0.1, 0.15) is 12.0 Å². The highest BCUT2D eigenvalue weighted by Crippen LogP contribution is 2.29. The zero-order valence-electron chi connectivity index (χ0n) is 17.5. The Bertz CT molecular complexity index is 1330. The van der Waals surface area contributed by atoms with Crippen LogP contribution >= 0.6 is 0 Å². The number of likely N-dealkylation sites (N-methyl/N-ethyl adjacent to an activating group) is 1. The molecule has 0 aliphatic carbocycles. The fourth-order valence-corrected chi connectivity index (χ4v) is 3.95. The number of aromatic nitrogens is 3. The number of nitrogens with zero attached hydrogens (tertiary/aromatic N) is 6. The number of hydrogen-bond acceptors (Lipinski definition) is 7. The molecule has 2 aromatic heterocycles. The molecule has 2 fully saturated rings. The molecule has 3 aromatic rings. The molecule has 0 bridgehead atoms. The van der Waals surface area contributed by atoms with E-state index in [4.69, 9.17) is 10.2 Å². The van der Waals surface area contributed by atoms with Crippen molar-refractivity contribution >= 4 is 22.8 Å². The second-order valence-electron chi connectivity index (χ2n) is 8.16. The van der Waals surface area contributed by atoms with Crippen LogP contribution in [0.3, 0.4) is 0 Å². The molecule has 0 radical (unpaired) electrons. The first-order valence-electron chi connectivity index (χ1n) is 10.3. The van der Waals surface area contributed by atoms with E-state index in [9.17, 15) is 9.90 Å². The number of hydrogen-bond donors (Lipinski definition) is 1. The lowest BCUT2D eigenvalue weighted by Gasteiger charge is -2.36. The first kappa shape index (κ1) is 19.9. The first-order chi connectivity index (χ1) is 15.5. The van der Waals surface area contributed by atoms with Crippen molar-refractivity contribution < 1.29 is 9.90 Å². The van der Waals surface area contributed by atoms with Gasteiger partial charge in [0.25, 0.3) is 5.91 Å². The van der Waals surface area contributed by atoms with Gasteiger partial charge in [0.2, 0.25) is 5.60 Å². The van der Waals surface area contributed by atoms with Gasteiger partial charge >= 0.3 is 0 Å². The molecule has 2 aliphatic rings. The minimum Gasteiger partial charge on any atom is -0.369 e. The van der Waals surface area contributed by atoms with Crippen LogP contribution in [0.4, 0.5) is 5.82 Å². The molecule has 158 valence electrons. The number of likely N-dealkylation sites (tertiary alicyclic amines) is 1. The summed E-state index contributed by atoms with van der Waals surface area (Å²) in [6, 6.07) is 13.6. The summed E-state index contributed by atoms with van der Waals surface area (Å²) in [5.41, 5.74) is 2.08. The summed E-state index contributed by atoms with van der Waals surface area (Å²) in [7, 11) is 1.66. The Balaban J connectivity index is 1.47. The lowest BCUT2D eigenvalue weighted by Crippen LogP contribution is -2.46. The largest absolute Gasteiger partial charge is 0.369 e. The van der Waals surface area contributed by atoms with Gasteiger partial charge in [0.1, 0.15) is 11.8 Å². The number of benzene rings is 1. The Morgan fingerprint density at radius 2 is 2.06 bits per heavy atom. The summed E-state index contributed by atoms with van der Waals surface area (Å²) in [4.78, 5) is 29.2. The van der Waals surface area contributed by atoms with Crippen LogP contribution in [-0.2, 0) is 4.79 Å². The Morgan fingerprint density at radius 3 is 2.81 bits per heavy atom. The maximum Gasteiger partial charge on any atom is 0.267 e. The third kappa shape index (κ3) is 3.41. The van der Waals surface area contributed by atoms with Crippen molar-refractivity contribution in [3.8, 4) is 29.2 Å². The Hall–Kier alpha value is -4.01. The fraction of sp³-hybridized carbons (Fsp3) is 0.292. The van der Waals surface area contributed by atoms with Crippen molar-refractivity contribution in [3.63, 3.8) is 0 Å². The molecule has 2 saturated heterocycles. The van der Waals surface area contributed by atoms with E-state index >= 15 is 0 Å². The lowest BCUT2D eigenvalue weighted by atomic mass is 10.0. The van der Waals surface area contributed by atoms with Crippen molar-refractivity contribution in [2.45, 2.75) is 12.0 Å². The van der Waals surface area contributed by atoms with E-state index in [1.165, 1.54) is 11.2 Å². The number of pyridine rings is 1. The second kappa shape index (κ2) is 7.60. The minimum atomic E-state index is -1.63. The fourth-order valence-electron chi connectivity index (χ4n) is 3.95. The molecule has 0 saturated carbocycles. The van der Waals surface area contributed by atoms with Crippen LogP contribution in [0.2, 0.25) is 0 Å². The molecular weight excluding hydrogens is 404 g/mol. The van der Waals surface area contributed by atoms with E-state index in [1.54, 1.807) is 7.05 Å². The van der Waals surface area contributed by atoms with Gasteiger partial charge in [-0.05, 0) is 24.3 Å². The Kier molecular flexibility index (Phi) is 4.73. The lowest BCUT2D eigenvalue weighted by molar-refractivity contribution is -0.137. The number of carbonyl (C=O) groups is 1. The van der Waals surface area contributed by atoms with Crippen molar-refractivity contribution in [1.29, 1.82) is 5.26 Å². The number of nitriles is 1. The second-order valence-corrected chi connectivity index (χ2v) is 8.16. The average Bonchev–Trinajstić information content (AvgIpc) is 3.05. The van der Waals surface area contributed by atoms with Crippen molar-refractivity contribution in [1.82, 2.24) is 19.9 Å². The standard InChI is InChI=1S/C24H20N6O2/c1-29-10-9-24(32,23(29)31)8-7-16-3-2-4-18(11-16)19-5-6-20-21(28-19)22(27-15-26-20)30-13-17(12-25)14-30/h2-6,11,15,17,32H,9-10,13-14H2,1H3. The van der Waals surface area contributed by atoms with Gasteiger partial charge in [-0.25, -0.2) is 15.0 Å². The van der Waals surface area contributed by atoms with E-state index in [-0.39, 0.29) is 11.8 Å². The quantitative estimate of drug-likeness (QED) is 0.623. The number of carbonyl (C=O) groups excluding carboxylic acids is 1. The SMILES string of the molecule is CN1CCC(O)(C#Cc2cccc(-c3ccc4ncnc(N5CC(C#N)C5)c4n3)c2)C1=O. The molecule has 5 rings (SSSR count). The van der Waals surface area contributed by atoms with Crippen LogP contribution < -0.4 is 4.90 Å². The number of aliphatic hydroxyl groups is 1. The predicted molar refractivity (Wildman–Crippen MR) is 118 cm³/mol. The number of amides is 1. The van der Waals surface area contributed by atoms with Gasteiger partial charge in [-0.1, -0.05) is 24.0 Å². The Labute approximate surface area is 185 Å². The zero-order chi connectivity index (χ0) is 22.3. The minimum absolute atomic E-state index is 0.0137. The van der Waals surface area contributed by atoms with Crippen molar-refractivity contribution in [3.05, 3.63) is 48.3 Å². The molecular formula is C24H20N6O2. The topological polar surface area (TPSA) is 106 Å². The van der Waals surface area contributed by atoms with Gasteiger partial charge in [-0.15, -0.1) is 0 Å². The van der Waals surface area contributed by atoms with E-state index in [2.05, 4.69) is 27.9 Å². The van der Waals surface area contributed by atoms with Crippen LogP contribution in [0.25, 0.3) is 22.3 Å². The summed E-state index contributed by atoms with van der Waals surface area (Å²) in [6.45, 7) is 1.76. The van der Waals surface area contributed by atoms with E-state index in [0.717, 1.165) is 22.6 Å². The molecule has 1 atom stereocenters. The average molecular weight is 424 g/mol. The Morgan fingerprint density at radius 1 is 1.22 bits per heavy atom. The maximum absolute atomic E-state index is 12.1. The predicted octanol–water partition coefficient (Wildman–Crippen LogP) is 1.60. The van der Waals surface area contributed by atoms with Gasteiger partial charge < -0.3 is 14.9 Å². The van der Waals surface area contributed by atoms with Crippen LogP contribution in [0, 0.1) is 29.1 Å². The molecule has 0 spiro atoms. The monoisotopic (exact) mass is 424 g/mol. The number of rotatable bonds is 2. The molecule has 2 aliphatic heterocycles. The summed E-state index contributed by atoms with van der Waals surface area (Å²) in [5, 5.41) is 19.6. The molecule has 1 amide bonds. The van der Waals surface area contributed by atoms with E-state index in [0.29, 0.717) is 37.1 Å².